The van der Waals surface area contributed by atoms with Crippen LogP contribution in [-0.4, -0.2) is 62.5 Å². The average molecular weight is 284 g/mol. The highest BCUT2D eigenvalue weighted by molar-refractivity contribution is 5.81. The molecule has 0 aromatic carbocycles. The summed E-state index contributed by atoms with van der Waals surface area (Å²) in [4.78, 5) is 25.1. The summed E-state index contributed by atoms with van der Waals surface area (Å²) in [6, 6.07) is 0.128. The maximum absolute atomic E-state index is 11.8. The lowest BCUT2D eigenvalue weighted by atomic mass is 10.00. The van der Waals surface area contributed by atoms with Crippen molar-refractivity contribution in [2.75, 3.05) is 39.8 Å². The molecule has 1 unspecified atom stereocenters. The molecule has 1 rings (SSSR count). The van der Waals surface area contributed by atoms with E-state index >= 15 is 0 Å². The Kier molecular flexibility index (Phi) is 7.54. The van der Waals surface area contributed by atoms with E-state index in [4.69, 9.17) is 0 Å². The highest BCUT2D eigenvalue weighted by Gasteiger charge is 2.15. The monoisotopic (exact) mass is 284 g/mol. The van der Waals surface area contributed by atoms with E-state index in [0.717, 1.165) is 19.6 Å². The van der Waals surface area contributed by atoms with Crippen molar-refractivity contribution >= 4 is 11.8 Å². The molecule has 0 saturated carbocycles. The molecule has 1 aliphatic heterocycles. The van der Waals surface area contributed by atoms with Gasteiger partial charge in [-0.2, -0.15) is 0 Å². The lowest BCUT2D eigenvalue weighted by Gasteiger charge is -2.23. The van der Waals surface area contributed by atoms with Crippen LogP contribution in [-0.2, 0) is 9.59 Å². The van der Waals surface area contributed by atoms with Gasteiger partial charge in [-0.15, -0.1) is 0 Å². The Morgan fingerprint density at radius 2 is 2.00 bits per heavy atom. The number of carbonyl (C=O) groups is 2. The zero-order valence-electron chi connectivity index (χ0n) is 12.9. The zero-order valence-corrected chi connectivity index (χ0v) is 12.9. The van der Waals surface area contributed by atoms with Gasteiger partial charge in [0, 0.05) is 12.6 Å². The summed E-state index contributed by atoms with van der Waals surface area (Å²) in [6.45, 7) is 7.12. The smallest absolute Gasteiger partial charge is 0.234 e. The van der Waals surface area contributed by atoms with E-state index in [1.54, 1.807) is 11.9 Å². The fourth-order valence-corrected chi connectivity index (χ4v) is 2.33. The van der Waals surface area contributed by atoms with E-state index < -0.39 is 0 Å². The molecule has 116 valence electrons. The van der Waals surface area contributed by atoms with Crippen LogP contribution in [0.4, 0.5) is 0 Å². The Bertz CT molecular complexity index is 314. The van der Waals surface area contributed by atoms with Crippen LogP contribution >= 0.6 is 0 Å². The summed E-state index contributed by atoms with van der Waals surface area (Å²) in [7, 11) is 1.78. The Morgan fingerprint density at radius 1 is 1.30 bits per heavy atom. The van der Waals surface area contributed by atoms with Crippen molar-refractivity contribution in [2.24, 2.45) is 5.92 Å². The molecule has 0 aromatic heterocycles. The molecule has 20 heavy (non-hydrogen) atoms. The SMILES string of the molecule is CC(C)NC(=O)CN(C)CC(=O)NCC1CCCNC1. The topological polar surface area (TPSA) is 73.5 Å². The molecule has 1 atom stereocenters. The van der Waals surface area contributed by atoms with Crippen LogP contribution in [0, 0.1) is 5.92 Å². The van der Waals surface area contributed by atoms with Gasteiger partial charge in [-0.1, -0.05) is 0 Å². The normalized spacial score (nSPS) is 19.1. The lowest BCUT2D eigenvalue weighted by molar-refractivity contribution is -0.124. The number of hydrogen-bond acceptors (Lipinski definition) is 4. The number of carbonyl (C=O) groups excluding carboxylic acids is 2. The van der Waals surface area contributed by atoms with Crippen LogP contribution in [0.2, 0.25) is 0 Å². The van der Waals surface area contributed by atoms with Gasteiger partial charge in [0.2, 0.25) is 11.8 Å². The lowest BCUT2D eigenvalue weighted by Crippen LogP contribution is -2.44. The van der Waals surface area contributed by atoms with Crippen LogP contribution in [0.3, 0.4) is 0 Å². The van der Waals surface area contributed by atoms with Gasteiger partial charge in [0.1, 0.15) is 0 Å². The molecule has 1 aliphatic rings. The molecule has 0 bridgehead atoms. The Labute approximate surface area is 121 Å². The first kappa shape index (κ1) is 16.9. The second-order valence-corrected chi connectivity index (χ2v) is 5.91. The van der Waals surface area contributed by atoms with E-state index in [2.05, 4.69) is 16.0 Å². The largest absolute Gasteiger partial charge is 0.355 e. The van der Waals surface area contributed by atoms with E-state index in [0.29, 0.717) is 5.92 Å². The fraction of sp³-hybridized carbons (Fsp3) is 0.857. The standard InChI is InChI=1S/C14H28N4O2/c1-11(2)17-14(20)10-18(3)9-13(19)16-8-12-5-4-6-15-7-12/h11-12,15H,4-10H2,1-3H3,(H,16,19)(H,17,20). The summed E-state index contributed by atoms with van der Waals surface area (Å²) in [5, 5.41) is 9.08. The minimum atomic E-state index is -0.0493. The Balaban J connectivity index is 2.15. The number of nitrogens with zero attached hydrogens (tertiary/aromatic N) is 1. The molecule has 0 radical (unpaired) electrons. The van der Waals surface area contributed by atoms with Gasteiger partial charge in [0.25, 0.3) is 0 Å². The van der Waals surface area contributed by atoms with Crippen LogP contribution in [0.15, 0.2) is 0 Å². The van der Waals surface area contributed by atoms with Crippen molar-refractivity contribution in [1.29, 1.82) is 0 Å². The Hall–Kier alpha value is -1.14. The van der Waals surface area contributed by atoms with Crippen molar-refractivity contribution in [3.05, 3.63) is 0 Å². The summed E-state index contributed by atoms with van der Waals surface area (Å²) < 4.78 is 0. The van der Waals surface area contributed by atoms with Gasteiger partial charge in [0.05, 0.1) is 13.1 Å². The van der Waals surface area contributed by atoms with E-state index in [9.17, 15) is 9.59 Å². The third kappa shape index (κ3) is 7.45. The molecule has 0 aliphatic carbocycles. The summed E-state index contributed by atoms with van der Waals surface area (Å²) in [5.41, 5.74) is 0. The highest BCUT2D eigenvalue weighted by Crippen LogP contribution is 2.07. The molecule has 6 heteroatoms. The molecule has 0 aromatic rings. The second kappa shape index (κ2) is 8.92. The average Bonchev–Trinajstić information content (AvgIpc) is 2.36. The van der Waals surface area contributed by atoms with Gasteiger partial charge in [-0.25, -0.2) is 0 Å². The van der Waals surface area contributed by atoms with Crippen molar-refractivity contribution in [3.63, 3.8) is 0 Å². The van der Waals surface area contributed by atoms with Crippen LogP contribution in [0.5, 0.6) is 0 Å². The molecule has 0 spiro atoms. The fourth-order valence-electron chi connectivity index (χ4n) is 2.33. The maximum atomic E-state index is 11.8. The Morgan fingerprint density at radius 3 is 2.60 bits per heavy atom. The third-order valence-corrected chi connectivity index (χ3v) is 3.26. The summed E-state index contributed by atoms with van der Waals surface area (Å²) in [6.07, 6.45) is 2.34. The van der Waals surface area contributed by atoms with Crippen molar-refractivity contribution in [2.45, 2.75) is 32.7 Å². The molecule has 2 amide bonds. The van der Waals surface area contributed by atoms with Gasteiger partial charge >= 0.3 is 0 Å². The summed E-state index contributed by atoms with van der Waals surface area (Å²) in [5.74, 6) is 0.462. The molecular formula is C14H28N4O2. The first-order chi connectivity index (χ1) is 9.47. The van der Waals surface area contributed by atoms with Crippen LogP contribution < -0.4 is 16.0 Å². The third-order valence-electron chi connectivity index (χ3n) is 3.26. The minimum absolute atomic E-state index is 0.0181. The second-order valence-electron chi connectivity index (χ2n) is 5.91. The van der Waals surface area contributed by atoms with E-state index in [1.807, 2.05) is 13.8 Å². The predicted octanol–water partition coefficient (Wildman–Crippen LogP) is -0.441. The van der Waals surface area contributed by atoms with E-state index in [1.165, 1.54) is 12.8 Å². The number of likely N-dealkylation sites (N-methyl/N-ethyl adjacent to an activating group) is 1. The number of nitrogens with one attached hydrogen (secondary N) is 3. The molecule has 1 fully saturated rings. The maximum Gasteiger partial charge on any atom is 0.234 e. The molecule has 6 nitrogen and oxygen atoms in total. The molecule has 3 N–H and O–H groups in total. The number of piperidine rings is 1. The van der Waals surface area contributed by atoms with Crippen molar-refractivity contribution < 1.29 is 9.59 Å². The van der Waals surface area contributed by atoms with Gasteiger partial charge in [0.15, 0.2) is 0 Å². The van der Waals surface area contributed by atoms with Crippen molar-refractivity contribution in [1.82, 2.24) is 20.9 Å². The van der Waals surface area contributed by atoms with Crippen molar-refractivity contribution in [3.8, 4) is 0 Å². The van der Waals surface area contributed by atoms with E-state index in [-0.39, 0.29) is 30.9 Å². The minimum Gasteiger partial charge on any atom is -0.355 e. The van der Waals surface area contributed by atoms with Crippen LogP contribution in [0.1, 0.15) is 26.7 Å². The van der Waals surface area contributed by atoms with Crippen LogP contribution in [0.25, 0.3) is 0 Å². The number of rotatable bonds is 7. The van der Waals surface area contributed by atoms with Gasteiger partial charge < -0.3 is 16.0 Å². The predicted molar refractivity (Wildman–Crippen MR) is 79.4 cm³/mol. The zero-order chi connectivity index (χ0) is 15.0. The first-order valence-electron chi connectivity index (χ1n) is 7.42. The molecule has 1 heterocycles. The quantitative estimate of drug-likeness (QED) is 0.592. The molecular weight excluding hydrogens is 256 g/mol. The number of amides is 2. The van der Waals surface area contributed by atoms with Gasteiger partial charge in [-0.05, 0) is 52.7 Å². The highest BCUT2D eigenvalue weighted by atomic mass is 16.2. The van der Waals surface area contributed by atoms with Gasteiger partial charge in [-0.3, -0.25) is 14.5 Å². The summed E-state index contributed by atoms with van der Waals surface area (Å²) >= 11 is 0. The first-order valence-corrected chi connectivity index (χ1v) is 7.42. The molecule has 1 saturated heterocycles. The number of hydrogen-bond donors (Lipinski definition) is 3.